The van der Waals surface area contributed by atoms with Crippen LogP contribution in [-0.2, 0) is 27.2 Å². The summed E-state index contributed by atoms with van der Waals surface area (Å²) in [5, 5.41) is 23.2. The van der Waals surface area contributed by atoms with Gasteiger partial charge in [-0.15, -0.1) is 0 Å². The number of rotatable bonds is 6. The van der Waals surface area contributed by atoms with Gasteiger partial charge in [0.2, 0.25) is 0 Å². The average Bonchev–Trinajstić information content (AvgIpc) is 3.09. The molecule has 0 fully saturated rings. The van der Waals surface area contributed by atoms with E-state index in [0.717, 1.165) is 34.8 Å². The maximum absolute atomic E-state index is 10.8. The first kappa shape index (κ1) is 17.8. The molecule has 26 heavy (non-hydrogen) atoms. The lowest BCUT2D eigenvalue weighted by molar-refractivity contribution is -0.384. The number of non-ortho nitro benzene ring substituents is 1. The number of nitrogens with one attached hydrogen (secondary N) is 1. The van der Waals surface area contributed by atoms with Crippen molar-refractivity contribution in [3.05, 3.63) is 63.1 Å². The van der Waals surface area contributed by atoms with Crippen molar-refractivity contribution in [3.63, 3.8) is 0 Å². The Labute approximate surface area is 151 Å². The Bertz CT molecular complexity index is 939. The fourth-order valence-corrected chi connectivity index (χ4v) is 3.05. The maximum atomic E-state index is 10.8. The first-order valence-corrected chi connectivity index (χ1v) is 8.34. The van der Waals surface area contributed by atoms with Crippen LogP contribution in [0, 0.1) is 24.0 Å². The van der Waals surface area contributed by atoms with Crippen LogP contribution in [0.15, 0.2) is 30.5 Å². The van der Waals surface area contributed by atoms with Gasteiger partial charge in [-0.2, -0.15) is 10.2 Å². The zero-order valence-corrected chi connectivity index (χ0v) is 15.4. The first-order chi connectivity index (χ1) is 12.4. The van der Waals surface area contributed by atoms with Gasteiger partial charge in [0.25, 0.3) is 5.69 Å². The molecule has 0 bridgehead atoms. The molecule has 8 nitrogen and oxygen atoms in total. The molecule has 0 aliphatic rings. The lowest BCUT2D eigenvalue weighted by Crippen LogP contribution is -2.14. The summed E-state index contributed by atoms with van der Waals surface area (Å²) in [7, 11) is 3.81. The third kappa shape index (κ3) is 3.50. The lowest BCUT2D eigenvalue weighted by atomic mass is 10.1. The van der Waals surface area contributed by atoms with Gasteiger partial charge in [-0.05, 0) is 26.0 Å². The van der Waals surface area contributed by atoms with E-state index in [4.69, 9.17) is 0 Å². The molecule has 0 unspecified atom stereocenters. The topological polar surface area (TPSA) is 90.8 Å². The van der Waals surface area contributed by atoms with Crippen LogP contribution in [0.2, 0.25) is 0 Å². The summed E-state index contributed by atoms with van der Waals surface area (Å²) in [6.45, 7) is 5.44. The van der Waals surface area contributed by atoms with E-state index in [2.05, 4.69) is 22.4 Å². The van der Waals surface area contributed by atoms with Crippen LogP contribution in [0.5, 0.6) is 0 Å². The van der Waals surface area contributed by atoms with Crippen molar-refractivity contribution >= 4 is 5.69 Å². The van der Waals surface area contributed by atoms with E-state index in [-0.39, 0.29) is 5.69 Å². The van der Waals surface area contributed by atoms with Crippen molar-refractivity contribution in [3.8, 4) is 11.3 Å². The van der Waals surface area contributed by atoms with Crippen molar-refractivity contribution in [2.24, 2.45) is 14.1 Å². The Morgan fingerprint density at radius 3 is 2.38 bits per heavy atom. The lowest BCUT2D eigenvalue weighted by Gasteiger charge is -2.06. The second-order valence-corrected chi connectivity index (χ2v) is 6.36. The van der Waals surface area contributed by atoms with Crippen molar-refractivity contribution in [2.45, 2.75) is 26.9 Å². The van der Waals surface area contributed by atoms with E-state index in [1.165, 1.54) is 17.7 Å². The van der Waals surface area contributed by atoms with Crippen LogP contribution in [0.3, 0.4) is 0 Å². The van der Waals surface area contributed by atoms with E-state index in [9.17, 15) is 10.1 Å². The monoisotopic (exact) mass is 354 g/mol. The Kier molecular flexibility index (Phi) is 4.85. The molecular weight excluding hydrogens is 332 g/mol. The second kappa shape index (κ2) is 7.09. The van der Waals surface area contributed by atoms with Gasteiger partial charge in [-0.3, -0.25) is 19.5 Å². The molecule has 0 aliphatic heterocycles. The van der Waals surface area contributed by atoms with Crippen LogP contribution >= 0.6 is 0 Å². The highest BCUT2D eigenvalue weighted by atomic mass is 16.6. The number of nitro groups is 1. The molecular formula is C18H22N6O2. The Morgan fingerprint density at radius 1 is 1.12 bits per heavy atom. The number of aromatic nitrogens is 4. The summed E-state index contributed by atoms with van der Waals surface area (Å²) in [6.07, 6.45) is 1.96. The molecule has 0 atom stereocenters. The van der Waals surface area contributed by atoms with Crippen molar-refractivity contribution in [1.29, 1.82) is 0 Å². The number of benzene rings is 1. The number of aryl methyl sites for hydroxylation is 3. The number of hydrogen-bond donors (Lipinski definition) is 1. The molecule has 0 spiro atoms. The normalized spacial score (nSPS) is 11.1. The van der Waals surface area contributed by atoms with Crippen LogP contribution in [0.1, 0.15) is 22.5 Å². The smallest absolute Gasteiger partial charge is 0.269 e. The Balaban J connectivity index is 1.76. The zero-order chi connectivity index (χ0) is 18.8. The van der Waals surface area contributed by atoms with E-state index >= 15 is 0 Å². The fourth-order valence-electron chi connectivity index (χ4n) is 3.05. The summed E-state index contributed by atoms with van der Waals surface area (Å²) in [5.74, 6) is 0. The number of hydrogen-bond acceptors (Lipinski definition) is 5. The molecule has 2 aromatic heterocycles. The Morgan fingerprint density at radius 2 is 1.81 bits per heavy atom. The van der Waals surface area contributed by atoms with Crippen LogP contribution < -0.4 is 5.32 Å². The minimum absolute atomic E-state index is 0.0758. The highest BCUT2D eigenvalue weighted by molar-refractivity contribution is 5.64. The summed E-state index contributed by atoms with van der Waals surface area (Å²) in [4.78, 5) is 10.4. The van der Waals surface area contributed by atoms with Gasteiger partial charge in [0, 0.05) is 67.9 Å². The summed E-state index contributed by atoms with van der Waals surface area (Å²) >= 11 is 0. The first-order valence-electron chi connectivity index (χ1n) is 8.34. The Hall–Kier alpha value is -3.00. The predicted octanol–water partition coefficient (Wildman–Crippen LogP) is 2.64. The third-order valence-electron chi connectivity index (χ3n) is 4.53. The van der Waals surface area contributed by atoms with Gasteiger partial charge in [0.05, 0.1) is 16.3 Å². The van der Waals surface area contributed by atoms with Gasteiger partial charge in [-0.1, -0.05) is 0 Å². The molecule has 0 aliphatic carbocycles. The second-order valence-electron chi connectivity index (χ2n) is 6.36. The molecule has 1 aromatic carbocycles. The number of nitrogens with zero attached hydrogens (tertiary/aromatic N) is 5. The average molecular weight is 354 g/mol. The van der Waals surface area contributed by atoms with Gasteiger partial charge >= 0.3 is 0 Å². The fraction of sp³-hybridized carbons (Fsp3) is 0.333. The SMILES string of the molecule is Cc1nn(C)c(C)c1CNCc1cn(C)nc1-c1ccc([N+](=O)[O-])cc1. The molecule has 0 radical (unpaired) electrons. The minimum Gasteiger partial charge on any atom is -0.308 e. The van der Waals surface area contributed by atoms with Gasteiger partial charge in [0.15, 0.2) is 0 Å². The maximum Gasteiger partial charge on any atom is 0.269 e. The zero-order valence-electron chi connectivity index (χ0n) is 15.4. The molecule has 136 valence electrons. The minimum atomic E-state index is -0.400. The molecule has 3 aromatic rings. The molecule has 2 heterocycles. The summed E-state index contributed by atoms with van der Waals surface area (Å²) < 4.78 is 3.65. The predicted molar refractivity (Wildman–Crippen MR) is 98.5 cm³/mol. The third-order valence-corrected chi connectivity index (χ3v) is 4.53. The van der Waals surface area contributed by atoms with Crippen LogP contribution in [0.25, 0.3) is 11.3 Å². The van der Waals surface area contributed by atoms with Gasteiger partial charge in [-0.25, -0.2) is 0 Å². The van der Waals surface area contributed by atoms with E-state index < -0.39 is 4.92 Å². The highest BCUT2D eigenvalue weighted by Crippen LogP contribution is 2.24. The van der Waals surface area contributed by atoms with Crippen molar-refractivity contribution < 1.29 is 4.92 Å². The van der Waals surface area contributed by atoms with Crippen molar-refractivity contribution in [1.82, 2.24) is 24.9 Å². The highest BCUT2D eigenvalue weighted by Gasteiger charge is 2.13. The largest absolute Gasteiger partial charge is 0.308 e. The van der Waals surface area contributed by atoms with Crippen LogP contribution in [-0.4, -0.2) is 24.5 Å². The van der Waals surface area contributed by atoms with Gasteiger partial charge < -0.3 is 5.32 Å². The molecule has 1 N–H and O–H groups in total. The van der Waals surface area contributed by atoms with E-state index in [0.29, 0.717) is 6.54 Å². The standard InChI is InChI=1S/C18H22N6O2/c1-12-17(13(2)23(4)20-12)10-19-9-15-11-22(3)21-18(15)14-5-7-16(8-6-14)24(25)26/h5-8,11,19H,9-10H2,1-4H3. The van der Waals surface area contributed by atoms with E-state index in [1.54, 1.807) is 16.8 Å². The summed E-state index contributed by atoms with van der Waals surface area (Å²) in [5.41, 5.74) is 6.19. The van der Waals surface area contributed by atoms with E-state index in [1.807, 2.05) is 31.9 Å². The molecule has 0 saturated carbocycles. The summed E-state index contributed by atoms with van der Waals surface area (Å²) in [6, 6.07) is 6.48. The molecule has 8 heteroatoms. The van der Waals surface area contributed by atoms with Crippen LogP contribution in [0.4, 0.5) is 5.69 Å². The molecule has 3 rings (SSSR count). The number of nitro benzene ring substituents is 1. The quantitative estimate of drug-likeness (QED) is 0.543. The molecule has 0 saturated heterocycles. The van der Waals surface area contributed by atoms with Crippen molar-refractivity contribution in [2.75, 3.05) is 0 Å². The molecule has 0 amide bonds. The van der Waals surface area contributed by atoms with Gasteiger partial charge in [0.1, 0.15) is 0 Å².